The van der Waals surface area contributed by atoms with Crippen LogP contribution < -0.4 is 10.5 Å². The van der Waals surface area contributed by atoms with Crippen LogP contribution in [0, 0.1) is 6.92 Å². The Morgan fingerprint density at radius 3 is 2.47 bits per heavy atom. The molecule has 0 aromatic heterocycles. The summed E-state index contributed by atoms with van der Waals surface area (Å²) in [6.07, 6.45) is -0.200. The minimum absolute atomic E-state index is 0.0404. The van der Waals surface area contributed by atoms with Crippen LogP contribution in [-0.4, -0.2) is 11.7 Å². The molecule has 0 aliphatic carbocycles. The van der Waals surface area contributed by atoms with Gasteiger partial charge in [0.05, 0.1) is 6.61 Å². The molecule has 0 saturated carbocycles. The summed E-state index contributed by atoms with van der Waals surface area (Å²) < 4.78 is 5.97. The van der Waals surface area contributed by atoms with Crippen LogP contribution in [0.15, 0.2) is 48.5 Å². The summed E-state index contributed by atoms with van der Waals surface area (Å²) in [6.45, 7) is 2.39. The van der Waals surface area contributed by atoms with Gasteiger partial charge < -0.3 is 15.6 Å². The Bertz CT molecular complexity index is 540. The molecule has 100 valence electrons. The minimum Gasteiger partial charge on any atom is -0.484 e. The van der Waals surface area contributed by atoms with E-state index in [1.807, 2.05) is 55.5 Å². The average Bonchev–Trinajstić information content (AvgIpc) is 2.46. The van der Waals surface area contributed by atoms with E-state index in [0.29, 0.717) is 12.3 Å². The maximum atomic E-state index is 9.32. The first-order valence-corrected chi connectivity index (χ1v) is 6.37. The third kappa shape index (κ3) is 3.13. The molecular weight excluding hydrogens is 238 g/mol. The number of para-hydroxylation sites is 1. The summed E-state index contributed by atoms with van der Waals surface area (Å²) in [6, 6.07) is 15.5. The molecule has 0 spiro atoms. The van der Waals surface area contributed by atoms with E-state index in [1.54, 1.807) is 0 Å². The van der Waals surface area contributed by atoms with Crippen molar-refractivity contribution in [1.82, 2.24) is 0 Å². The van der Waals surface area contributed by atoms with Gasteiger partial charge in [-0.15, -0.1) is 0 Å². The maximum absolute atomic E-state index is 9.32. The third-order valence-corrected chi connectivity index (χ3v) is 3.16. The molecular formula is C16H19NO2. The highest BCUT2D eigenvalue weighted by atomic mass is 16.5. The van der Waals surface area contributed by atoms with Crippen molar-refractivity contribution in [1.29, 1.82) is 0 Å². The summed E-state index contributed by atoms with van der Waals surface area (Å²) >= 11 is 0. The number of hydrogen-bond acceptors (Lipinski definition) is 3. The van der Waals surface area contributed by atoms with Crippen molar-refractivity contribution in [2.75, 3.05) is 6.54 Å². The Labute approximate surface area is 113 Å². The first-order valence-electron chi connectivity index (χ1n) is 6.37. The predicted octanol–water partition coefficient (Wildman–Crippen LogP) is 2.57. The molecule has 3 nitrogen and oxygen atoms in total. The molecule has 2 aromatic rings. The number of hydrogen-bond donors (Lipinski definition) is 2. The molecule has 0 saturated heterocycles. The second-order valence-electron chi connectivity index (χ2n) is 4.46. The van der Waals surface area contributed by atoms with Crippen molar-refractivity contribution in [3.63, 3.8) is 0 Å². The molecule has 0 heterocycles. The number of aryl methyl sites for hydroxylation is 1. The lowest BCUT2D eigenvalue weighted by Gasteiger charge is -2.21. The van der Waals surface area contributed by atoms with E-state index in [1.165, 1.54) is 0 Å². The fourth-order valence-electron chi connectivity index (χ4n) is 2.09. The van der Waals surface area contributed by atoms with E-state index < -0.39 is 0 Å². The highest BCUT2D eigenvalue weighted by molar-refractivity contribution is 5.35. The van der Waals surface area contributed by atoms with Crippen molar-refractivity contribution in [2.24, 2.45) is 5.73 Å². The van der Waals surface area contributed by atoms with Crippen LogP contribution >= 0.6 is 0 Å². The van der Waals surface area contributed by atoms with Crippen molar-refractivity contribution in [3.8, 4) is 5.75 Å². The highest BCUT2D eigenvalue weighted by Gasteiger charge is 2.15. The summed E-state index contributed by atoms with van der Waals surface area (Å²) in [7, 11) is 0. The second kappa shape index (κ2) is 6.36. The zero-order chi connectivity index (χ0) is 13.7. The van der Waals surface area contributed by atoms with Gasteiger partial charge in [-0.25, -0.2) is 0 Å². The molecule has 3 N–H and O–H groups in total. The Morgan fingerprint density at radius 2 is 1.79 bits per heavy atom. The zero-order valence-electron chi connectivity index (χ0n) is 11.0. The van der Waals surface area contributed by atoms with E-state index in [4.69, 9.17) is 10.5 Å². The van der Waals surface area contributed by atoms with Gasteiger partial charge in [-0.1, -0.05) is 42.5 Å². The fourth-order valence-corrected chi connectivity index (χ4v) is 2.09. The van der Waals surface area contributed by atoms with Gasteiger partial charge in [-0.3, -0.25) is 0 Å². The Kier molecular flexibility index (Phi) is 4.55. The van der Waals surface area contributed by atoms with Crippen LogP contribution in [0.1, 0.15) is 22.8 Å². The summed E-state index contributed by atoms with van der Waals surface area (Å²) in [4.78, 5) is 0. The largest absolute Gasteiger partial charge is 0.484 e. The molecule has 1 unspecified atom stereocenters. The van der Waals surface area contributed by atoms with E-state index >= 15 is 0 Å². The SMILES string of the molecule is Cc1ccccc1C(CN)Oc1ccccc1CO. The second-order valence-corrected chi connectivity index (χ2v) is 4.46. The molecule has 19 heavy (non-hydrogen) atoms. The quantitative estimate of drug-likeness (QED) is 0.865. The summed E-state index contributed by atoms with van der Waals surface area (Å²) in [5, 5.41) is 9.32. The number of ether oxygens (including phenoxy) is 1. The third-order valence-electron chi connectivity index (χ3n) is 3.16. The molecule has 1 atom stereocenters. The molecule has 0 radical (unpaired) electrons. The number of rotatable bonds is 5. The highest BCUT2D eigenvalue weighted by Crippen LogP contribution is 2.26. The van der Waals surface area contributed by atoms with E-state index in [2.05, 4.69) is 0 Å². The van der Waals surface area contributed by atoms with E-state index in [-0.39, 0.29) is 12.7 Å². The lowest BCUT2D eigenvalue weighted by Crippen LogP contribution is -2.19. The first-order chi connectivity index (χ1) is 9.26. The lowest BCUT2D eigenvalue weighted by atomic mass is 10.0. The van der Waals surface area contributed by atoms with Crippen LogP contribution in [0.3, 0.4) is 0 Å². The first kappa shape index (κ1) is 13.6. The zero-order valence-corrected chi connectivity index (χ0v) is 11.0. The molecule has 0 aliphatic rings. The Balaban J connectivity index is 2.27. The van der Waals surface area contributed by atoms with Crippen LogP contribution in [0.4, 0.5) is 0 Å². The lowest BCUT2D eigenvalue weighted by molar-refractivity contribution is 0.202. The normalized spacial score (nSPS) is 12.2. The maximum Gasteiger partial charge on any atom is 0.136 e. The Morgan fingerprint density at radius 1 is 1.11 bits per heavy atom. The number of nitrogens with two attached hydrogens (primary N) is 1. The molecule has 0 bridgehead atoms. The predicted molar refractivity (Wildman–Crippen MR) is 76.0 cm³/mol. The fraction of sp³-hybridized carbons (Fsp3) is 0.250. The van der Waals surface area contributed by atoms with Crippen LogP contribution in [0.25, 0.3) is 0 Å². The van der Waals surface area contributed by atoms with Crippen molar-refractivity contribution in [3.05, 3.63) is 65.2 Å². The van der Waals surface area contributed by atoms with Crippen LogP contribution in [-0.2, 0) is 6.61 Å². The van der Waals surface area contributed by atoms with Gasteiger partial charge in [0.15, 0.2) is 0 Å². The number of benzene rings is 2. The van der Waals surface area contributed by atoms with E-state index in [9.17, 15) is 5.11 Å². The van der Waals surface area contributed by atoms with Gasteiger partial charge in [-0.05, 0) is 24.1 Å². The van der Waals surface area contributed by atoms with Crippen LogP contribution in [0.5, 0.6) is 5.75 Å². The standard InChI is InChI=1S/C16H19NO2/c1-12-6-2-4-8-14(12)16(10-17)19-15-9-5-3-7-13(15)11-18/h2-9,16,18H,10-11,17H2,1H3. The molecule has 2 rings (SSSR count). The molecule has 0 amide bonds. The van der Waals surface area contributed by atoms with Crippen molar-refractivity contribution in [2.45, 2.75) is 19.6 Å². The summed E-state index contributed by atoms with van der Waals surface area (Å²) in [5.74, 6) is 0.684. The van der Waals surface area contributed by atoms with Gasteiger partial charge in [0.25, 0.3) is 0 Å². The van der Waals surface area contributed by atoms with Crippen LogP contribution in [0.2, 0.25) is 0 Å². The average molecular weight is 257 g/mol. The molecule has 2 aromatic carbocycles. The number of aliphatic hydroxyl groups is 1. The topological polar surface area (TPSA) is 55.5 Å². The van der Waals surface area contributed by atoms with Gasteiger partial charge in [0, 0.05) is 12.1 Å². The van der Waals surface area contributed by atoms with Crippen molar-refractivity contribution >= 4 is 0 Å². The molecule has 3 heteroatoms. The monoisotopic (exact) mass is 257 g/mol. The van der Waals surface area contributed by atoms with Gasteiger partial charge in [-0.2, -0.15) is 0 Å². The van der Waals surface area contributed by atoms with Gasteiger partial charge in [0.1, 0.15) is 11.9 Å². The van der Waals surface area contributed by atoms with Crippen molar-refractivity contribution < 1.29 is 9.84 Å². The smallest absolute Gasteiger partial charge is 0.136 e. The summed E-state index contributed by atoms with van der Waals surface area (Å²) in [5.41, 5.74) is 8.83. The van der Waals surface area contributed by atoms with Gasteiger partial charge in [0.2, 0.25) is 0 Å². The Hall–Kier alpha value is -1.84. The molecule has 0 fully saturated rings. The minimum atomic E-state index is -0.200. The molecule has 0 aliphatic heterocycles. The van der Waals surface area contributed by atoms with E-state index in [0.717, 1.165) is 16.7 Å². The number of aliphatic hydroxyl groups excluding tert-OH is 1. The van der Waals surface area contributed by atoms with Gasteiger partial charge >= 0.3 is 0 Å².